The monoisotopic (exact) mass is 236 g/mol. The van der Waals surface area contributed by atoms with Gasteiger partial charge in [-0.2, -0.15) is 0 Å². The fourth-order valence-electron chi connectivity index (χ4n) is 2.06. The fourth-order valence-corrected chi connectivity index (χ4v) is 2.06. The van der Waals surface area contributed by atoms with E-state index in [1.54, 1.807) is 14.2 Å². The van der Waals surface area contributed by atoms with E-state index < -0.39 is 5.41 Å². The van der Waals surface area contributed by atoms with Gasteiger partial charge in [-0.25, -0.2) is 0 Å². The summed E-state index contributed by atoms with van der Waals surface area (Å²) < 4.78 is 15.3. The SMILES string of the molecule is COC(=O)C1(c2ccc(OC)c(OC)c2)CC1. The summed E-state index contributed by atoms with van der Waals surface area (Å²) in [6, 6.07) is 5.56. The highest BCUT2D eigenvalue weighted by Crippen LogP contribution is 2.50. The summed E-state index contributed by atoms with van der Waals surface area (Å²) in [7, 11) is 4.59. The van der Waals surface area contributed by atoms with Crippen molar-refractivity contribution in [2.45, 2.75) is 18.3 Å². The van der Waals surface area contributed by atoms with Crippen molar-refractivity contribution in [2.75, 3.05) is 21.3 Å². The highest BCUT2D eigenvalue weighted by molar-refractivity contribution is 5.86. The number of methoxy groups -OCH3 is 3. The van der Waals surface area contributed by atoms with Crippen molar-refractivity contribution >= 4 is 5.97 Å². The average Bonchev–Trinajstić information content (AvgIpc) is 3.18. The van der Waals surface area contributed by atoms with Crippen molar-refractivity contribution in [3.8, 4) is 11.5 Å². The number of ether oxygens (including phenoxy) is 3. The minimum absolute atomic E-state index is 0.176. The molecule has 0 spiro atoms. The van der Waals surface area contributed by atoms with Gasteiger partial charge in [0.05, 0.1) is 26.7 Å². The normalized spacial score (nSPS) is 16.2. The Morgan fingerprint density at radius 2 is 1.76 bits per heavy atom. The lowest BCUT2D eigenvalue weighted by Gasteiger charge is -2.15. The predicted octanol–water partition coefficient (Wildman–Crippen LogP) is 1.91. The van der Waals surface area contributed by atoms with E-state index in [2.05, 4.69) is 0 Å². The van der Waals surface area contributed by atoms with Crippen LogP contribution in [0, 0.1) is 0 Å². The molecule has 17 heavy (non-hydrogen) atoms. The number of hydrogen-bond acceptors (Lipinski definition) is 4. The van der Waals surface area contributed by atoms with Crippen LogP contribution in [0.5, 0.6) is 11.5 Å². The second kappa shape index (κ2) is 4.28. The van der Waals surface area contributed by atoms with Crippen molar-refractivity contribution in [1.82, 2.24) is 0 Å². The Labute approximate surface area is 100 Å². The first-order chi connectivity index (χ1) is 8.17. The molecule has 0 aliphatic heterocycles. The molecule has 0 bridgehead atoms. The Hall–Kier alpha value is -1.71. The molecule has 92 valence electrons. The third kappa shape index (κ3) is 1.84. The lowest BCUT2D eigenvalue weighted by Crippen LogP contribution is -2.21. The molecular formula is C13H16O4. The van der Waals surface area contributed by atoms with E-state index in [1.807, 2.05) is 18.2 Å². The first-order valence-electron chi connectivity index (χ1n) is 5.49. The van der Waals surface area contributed by atoms with Crippen LogP contribution in [0.2, 0.25) is 0 Å². The average molecular weight is 236 g/mol. The van der Waals surface area contributed by atoms with Gasteiger partial charge in [-0.1, -0.05) is 6.07 Å². The van der Waals surface area contributed by atoms with Gasteiger partial charge in [-0.05, 0) is 30.5 Å². The molecular weight excluding hydrogens is 220 g/mol. The third-order valence-corrected chi connectivity index (χ3v) is 3.26. The molecule has 1 aromatic carbocycles. The van der Waals surface area contributed by atoms with Crippen LogP contribution in [-0.2, 0) is 14.9 Å². The van der Waals surface area contributed by atoms with Gasteiger partial charge in [0.15, 0.2) is 11.5 Å². The molecule has 2 rings (SSSR count). The molecule has 0 unspecified atom stereocenters. The molecule has 0 radical (unpaired) electrons. The van der Waals surface area contributed by atoms with Crippen LogP contribution >= 0.6 is 0 Å². The summed E-state index contributed by atoms with van der Waals surface area (Å²) in [6.45, 7) is 0. The molecule has 0 N–H and O–H groups in total. The van der Waals surface area contributed by atoms with Gasteiger partial charge in [-0.15, -0.1) is 0 Å². The molecule has 1 saturated carbocycles. The van der Waals surface area contributed by atoms with E-state index >= 15 is 0 Å². The maximum atomic E-state index is 11.8. The third-order valence-electron chi connectivity index (χ3n) is 3.26. The molecule has 1 aromatic rings. The van der Waals surface area contributed by atoms with Crippen LogP contribution in [-0.4, -0.2) is 27.3 Å². The van der Waals surface area contributed by atoms with Crippen LogP contribution in [0.1, 0.15) is 18.4 Å². The largest absolute Gasteiger partial charge is 0.493 e. The zero-order chi connectivity index (χ0) is 12.5. The van der Waals surface area contributed by atoms with Gasteiger partial charge in [0, 0.05) is 0 Å². The summed E-state index contributed by atoms with van der Waals surface area (Å²) in [5, 5.41) is 0. The summed E-state index contributed by atoms with van der Waals surface area (Å²) in [6.07, 6.45) is 1.66. The molecule has 0 amide bonds. The molecule has 0 saturated heterocycles. The molecule has 1 aliphatic carbocycles. The summed E-state index contributed by atoms with van der Waals surface area (Å²) >= 11 is 0. The molecule has 0 atom stereocenters. The van der Waals surface area contributed by atoms with Crippen molar-refractivity contribution in [3.05, 3.63) is 23.8 Å². The van der Waals surface area contributed by atoms with E-state index in [4.69, 9.17) is 14.2 Å². The second-order valence-electron chi connectivity index (χ2n) is 4.14. The minimum atomic E-state index is -0.464. The van der Waals surface area contributed by atoms with Crippen molar-refractivity contribution in [3.63, 3.8) is 0 Å². The number of carbonyl (C=O) groups is 1. The lowest BCUT2D eigenvalue weighted by molar-refractivity contribution is -0.143. The van der Waals surface area contributed by atoms with Gasteiger partial charge in [0.2, 0.25) is 0 Å². The van der Waals surface area contributed by atoms with Gasteiger partial charge in [0.1, 0.15) is 0 Å². The van der Waals surface area contributed by atoms with E-state index in [1.165, 1.54) is 7.11 Å². The number of hydrogen-bond donors (Lipinski definition) is 0. The van der Waals surface area contributed by atoms with Crippen molar-refractivity contribution in [1.29, 1.82) is 0 Å². The van der Waals surface area contributed by atoms with Crippen LogP contribution in [0.3, 0.4) is 0 Å². The zero-order valence-electron chi connectivity index (χ0n) is 10.3. The lowest BCUT2D eigenvalue weighted by atomic mass is 9.96. The van der Waals surface area contributed by atoms with Gasteiger partial charge >= 0.3 is 5.97 Å². The van der Waals surface area contributed by atoms with Gasteiger partial charge in [0.25, 0.3) is 0 Å². The second-order valence-corrected chi connectivity index (χ2v) is 4.14. The zero-order valence-corrected chi connectivity index (χ0v) is 10.3. The first-order valence-corrected chi connectivity index (χ1v) is 5.49. The predicted molar refractivity (Wildman–Crippen MR) is 62.5 cm³/mol. The van der Waals surface area contributed by atoms with Gasteiger partial charge < -0.3 is 14.2 Å². The van der Waals surface area contributed by atoms with Crippen molar-refractivity contribution in [2.24, 2.45) is 0 Å². The Balaban J connectivity index is 2.37. The summed E-state index contributed by atoms with van der Waals surface area (Å²) in [5.74, 6) is 1.13. The fraction of sp³-hybridized carbons (Fsp3) is 0.462. The molecule has 1 fully saturated rings. The standard InChI is InChI=1S/C13H16O4/c1-15-10-5-4-9(8-11(10)16-2)13(6-7-13)12(14)17-3/h4-5,8H,6-7H2,1-3H3. The maximum absolute atomic E-state index is 11.8. The minimum Gasteiger partial charge on any atom is -0.493 e. The Bertz CT molecular complexity index is 435. The topological polar surface area (TPSA) is 44.8 Å². The Kier molecular flexibility index (Phi) is 2.96. The quantitative estimate of drug-likeness (QED) is 0.749. The number of benzene rings is 1. The smallest absolute Gasteiger partial charge is 0.316 e. The molecule has 1 aliphatic rings. The highest BCUT2D eigenvalue weighted by atomic mass is 16.5. The number of rotatable bonds is 4. The number of carbonyl (C=O) groups excluding carboxylic acids is 1. The van der Waals surface area contributed by atoms with Crippen molar-refractivity contribution < 1.29 is 19.0 Å². The van der Waals surface area contributed by atoms with Crippen LogP contribution < -0.4 is 9.47 Å². The van der Waals surface area contributed by atoms with Crippen LogP contribution in [0.15, 0.2) is 18.2 Å². The van der Waals surface area contributed by atoms with Crippen LogP contribution in [0.25, 0.3) is 0 Å². The first kappa shape index (κ1) is 11.8. The van der Waals surface area contributed by atoms with E-state index in [0.29, 0.717) is 11.5 Å². The van der Waals surface area contributed by atoms with Crippen LogP contribution in [0.4, 0.5) is 0 Å². The van der Waals surface area contributed by atoms with E-state index in [-0.39, 0.29) is 5.97 Å². The van der Waals surface area contributed by atoms with Gasteiger partial charge in [-0.3, -0.25) is 4.79 Å². The highest BCUT2D eigenvalue weighted by Gasteiger charge is 2.52. The van der Waals surface area contributed by atoms with E-state index in [9.17, 15) is 4.79 Å². The molecule has 0 heterocycles. The molecule has 4 heteroatoms. The Morgan fingerprint density at radius 1 is 1.12 bits per heavy atom. The summed E-state index contributed by atoms with van der Waals surface area (Å²) in [4.78, 5) is 11.8. The maximum Gasteiger partial charge on any atom is 0.316 e. The molecule has 4 nitrogen and oxygen atoms in total. The Morgan fingerprint density at radius 3 is 2.24 bits per heavy atom. The molecule has 0 aromatic heterocycles. The van der Waals surface area contributed by atoms with E-state index in [0.717, 1.165) is 18.4 Å². The summed E-state index contributed by atoms with van der Waals surface area (Å²) in [5.41, 5.74) is 0.468. The number of esters is 1.